The van der Waals surface area contributed by atoms with E-state index in [0.29, 0.717) is 58.9 Å². The van der Waals surface area contributed by atoms with Gasteiger partial charge in [-0.25, -0.2) is 0 Å². The zero-order valence-corrected chi connectivity index (χ0v) is 34.4. The van der Waals surface area contributed by atoms with E-state index < -0.39 is 0 Å². The van der Waals surface area contributed by atoms with Gasteiger partial charge in [0.05, 0.1) is 0 Å². The standard InChI is InChI=1S/C51H72O2/c1-32-12-16-36(17-13-32)42-28-46-48(52)44-24-34(3)38(26-40(44)20-22-50(46,5)30-42)10-8-7-9-11-39-27-41-21-23-51(6)31-43(37-18-14-33(2)15-19-37)29-47(51)49(53)45(41)25-35(39)4/h12-19,34-35,38-47H,7-11,20-31H2,1-6H3. The molecule has 6 fully saturated rings. The van der Waals surface area contributed by atoms with Crippen LogP contribution in [0.15, 0.2) is 48.5 Å². The molecule has 0 bridgehead atoms. The number of fused-ring (bicyclic) bond motifs is 4. The molecule has 0 amide bonds. The van der Waals surface area contributed by atoms with Gasteiger partial charge in [0, 0.05) is 23.7 Å². The predicted octanol–water partition coefficient (Wildman–Crippen LogP) is 13.2. The fourth-order valence-electron chi connectivity index (χ4n) is 14.2. The van der Waals surface area contributed by atoms with E-state index in [1.165, 1.54) is 106 Å². The molecule has 2 aromatic rings. The lowest BCUT2D eigenvalue weighted by Crippen LogP contribution is -2.37. The number of aryl methyl sites for hydroxylation is 2. The first-order chi connectivity index (χ1) is 25.4. The zero-order chi connectivity index (χ0) is 37.1. The number of benzene rings is 2. The summed E-state index contributed by atoms with van der Waals surface area (Å²) in [5.74, 6) is 7.75. The smallest absolute Gasteiger partial charge is 0.139 e. The minimum absolute atomic E-state index is 0.185. The Morgan fingerprint density at radius 3 is 1.34 bits per heavy atom. The van der Waals surface area contributed by atoms with E-state index in [0.717, 1.165) is 37.5 Å². The average molecular weight is 717 g/mol. The highest BCUT2D eigenvalue weighted by Crippen LogP contribution is 2.60. The lowest BCUT2D eigenvalue weighted by molar-refractivity contribution is -0.133. The van der Waals surface area contributed by atoms with Gasteiger partial charge in [-0.3, -0.25) is 9.59 Å². The van der Waals surface area contributed by atoms with Crippen molar-refractivity contribution in [1.82, 2.24) is 0 Å². The summed E-state index contributed by atoms with van der Waals surface area (Å²) in [5, 5.41) is 0. The molecule has 0 radical (unpaired) electrons. The number of hydrogen-bond donors (Lipinski definition) is 0. The van der Waals surface area contributed by atoms with Gasteiger partial charge in [0.25, 0.3) is 0 Å². The van der Waals surface area contributed by atoms with E-state index >= 15 is 0 Å². The summed E-state index contributed by atoms with van der Waals surface area (Å²) in [6, 6.07) is 18.3. The molecular weight excluding hydrogens is 645 g/mol. The third-order valence-corrected chi connectivity index (χ3v) is 17.7. The minimum atomic E-state index is 0.185. The Morgan fingerprint density at radius 1 is 0.547 bits per heavy atom. The van der Waals surface area contributed by atoms with Gasteiger partial charge < -0.3 is 0 Å². The fourth-order valence-corrected chi connectivity index (χ4v) is 14.2. The Bertz CT molecular complexity index is 1480. The van der Waals surface area contributed by atoms with Crippen molar-refractivity contribution in [1.29, 1.82) is 0 Å². The number of rotatable bonds is 8. The van der Waals surface area contributed by atoms with Crippen molar-refractivity contribution in [2.75, 3.05) is 0 Å². The van der Waals surface area contributed by atoms with Crippen LogP contribution in [-0.4, -0.2) is 11.6 Å². The van der Waals surface area contributed by atoms with Gasteiger partial charge in [-0.1, -0.05) is 119 Å². The molecule has 14 atom stereocenters. The Hall–Kier alpha value is -2.22. The third kappa shape index (κ3) is 7.42. The van der Waals surface area contributed by atoms with Gasteiger partial charge in [-0.2, -0.15) is 0 Å². The summed E-state index contributed by atoms with van der Waals surface area (Å²) in [7, 11) is 0. The largest absolute Gasteiger partial charge is 0.299 e. The van der Waals surface area contributed by atoms with E-state index in [1.807, 2.05) is 0 Å². The molecule has 6 saturated carbocycles. The normalized spacial score (nSPS) is 42.6. The highest BCUT2D eigenvalue weighted by Gasteiger charge is 2.55. The van der Waals surface area contributed by atoms with Crippen LogP contribution < -0.4 is 0 Å². The van der Waals surface area contributed by atoms with Gasteiger partial charge >= 0.3 is 0 Å². The number of unbranched alkanes of at least 4 members (excludes halogenated alkanes) is 2. The van der Waals surface area contributed by atoms with Crippen molar-refractivity contribution in [3.8, 4) is 0 Å². The molecule has 53 heavy (non-hydrogen) atoms. The molecule has 6 aliphatic carbocycles. The number of carbonyl (C=O) groups excluding carboxylic acids is 2. The van der Waals surface area contributed by atoms with Crippen LogP contribution in [0, 0.1) is 83.9 Å². The van der Waals surface area contributed by atoms with Crippen molar-refractivity contribution >= 4 is 11.6 Å². The topological polar surface area (TPSA) is 34.1 Å². The van der Waals surface area contributed by atoms with Gasteiger partial charge in [0.1, 0.15) is 11.6 Å². The Balaban J connectivity index is 0.795. The maximum absolute atomic E-state index is 14.3. The van der Waals surface area contributed by atoms with E-state index in [2.05, 4.69) is 90.1 Å². The zero-order valence-electron chi connectivity index (χ0n) is 34.4. The summed E-state index contributed by atoms with van der Waals surface area (Å²) < 4.78 is 0. The van der Waals surface area contributed by atoms with Crippen LogP contribution in [-0.2, 0) is 9.59 Å². The Morgan fingerprint density at radius 2 is 0.943 bits per heavy atom. The molecule has 8 rings (SSSR count). The van der Waals surface area contributed by atoms with Crippen LogP contribution in [0.4, 0.5) is 0 Å². The molecule has 0 aromatic heterocycles. The quantitative estimate of drug-likeness (QED) is 0.255. The van der Waals surface area contributed by atoms with Gasteiger partial charge in [0.15, 0.2) is 0 Å². The molecule has 0 saturated heterocycles. The first kappa shape index (κ1) is 37.7. The summed E-state index contributed by atoms with van der Waals surface area (Å²) in [6.07, 6.45) is 21.2. The lowest BCUT2D eigenvalue weighted by atomic mass is 9.64. The van der Waals surface area contributed by atoms with E-state index in [-0.39, 0.29) is 22.7 Å². The second kappa shape index (κ2) is 15.0. The average Bonchev–Trinajstić information content (AvgIpc) is 3.63. The summed E-state index contributed by atoms with van der Waals surface area (Å²) in [6.45, 7) is 14.2. The fraction of sp³-hybridized carbons (Fsp3) is 0.725. The summed E-state index contributed by atoms with van der Waals surface area (Å²) in [5.41, 5.74) is 5.93. The van der Waals surface area contributed by atoms with E-state index in [4.69, 9.17) is 0 Å². The first-order valence-electron chi connectivity index (χ1n) is 22.6. The second-order valence-corrected chi connectivity index (χ2v) is 21.2. The van der Waals surface area contributed by atoms with Crippen molar-refractivity contribution in [3.05, 3.63) is 70.8 Å². The third-order valence-electron chi connectivity index (χ3n) is 17.7. The Kier molecular flexibility index (Phi) is 10.7. The molecule has 6 aliphatic rings. The number of Topliss-reactive ketones (excluding diaryl/α,β-unsaturated/α-hetero) is 2. The summed E-state index contributed by atoms with van der Waals surface area (Å²) in [4.78, 5) is 28.5. The molecule has 14 unspecified atom stereocenters. The van der Waals surface area contributed by atoms with E-state index in [1.54, 1.807) is 0 Å². The minimum Gasteiger partial charge on any atom is -0.299 e. The predicted molar refractivity (Wildman–Crippen MR) is 219 cm³/mol. The van der Waals surface area contributed by atoms with Crippen LogP contribution in [0.2, 0.25) is 0 Å². The Labute approximate surface area is 323 Å². The van der Waals surface area contributed by atoms with Crippen molar-refractivity contribution in [3.63, 3.8) is 0 Å². The van der Waals surface area contributed by atoms with Crippen LogP contribution in [0.3, 0.4) is 0 Å². The van der Waals surface area contributed by atoms with Gasteiger partial charge in [-0.05, 0) is 160 Å². The molecule has 2 aromatic carbocycles. The number of ketones is 2. The van der Waals surface area contributed by atoms with Crippen molar-refractivity contribution < 1.29 is 9.59 Å². The lowest BCUT2D eigenvalue weighted by Gasteiger charge is -2.40. The molecule has 2 nitrogen and oxygen atoms in total. The van der Waals surface area contributed by atoms with Crippen LogP contribution in [0.1, 0.15) is 171 Å². The van der Waals surface area contributed by atoms with Crippen molar-refractivity contribution in [2.45, 2.75) is 163 Å². The van der Waals surface area contributed by atoms with Crippen LogP contribution in [0.25, 0.3) is 0 Å². The first-order valence-corrected chi connectivity index (χ1v) is 22.6. The SMILES string of the molecule is Cc1ccc(C2CC3C(=O)C4CC(C)C(CCCCCC5CC6CCC7(C)CC(c8ccc(C)cc8)CC7C(=O)C6CC5C)CC4CCC3(C)C2)cc1. The van der Waals surface area contributed by atoms with E-state index in [9.17, 15) is 9.59 Å². The molecule has 0 aliphatic heterocycles. The number of hydrogen-bond acceptors (Lipinski definition) is 2. The summed E-state index contributed by atoms with van der Waals surface area (Å²) >= 11 is 0. The monoisotopic (exact) mass is 717 g/mol. The molecule has 2 heteroatoms. The molecule has 0 heterocycles. The van der Waals surface area contributed by atoms with Gasteiger partial charge in [-0.15, -0.1) is 0 Å². The highest BCUT2D eigenvalue weighted by atomic mass is 16.1. The van der Waals surface area contributed by atoms with Crippen LogP contribution >= 0.6 is 0 Å². The molecule has 288 valence electrons. The molecular formula is C51H72O2. The van der Waals surface area contributed by atoms with Gasteiger partial charge in [0.2, 0.25) is 0 Å². The second-order valence-electron chi connectivity index (χ2n) is 21.2. The molecule has 0 N–H and O–H groups in total. The number of carbonyl (C=O) groups is 2. The van der Waals surface area contributed by atoms with Crippen molar-refractivity contribution in [2.24, 2.45) is 70.0 Å². The van der Waals surface area contributed by atoms with Crippen LogP contribution in [0.5, 0.6) is 0 Å². The maximum Gasteiger partial charge on any atom is 0.139 e. The molecule has 0 spiro atoms. The highest BCUT2D eigenvalue weighted by molar-refractivity contribution is 5.86. The maximum atomic E-state index is 14.3.